The summed E-state index contributed by atoms with van der Waals surface area (Å²) in [5, 5.41) is 0. The van der Waals surface area contributed by atoms with E-state index in [4.69, 9.17) is 0 Å². The van der Waals surface area contributed by atoms with Crippen molar-refractivity contribution in [1.29, 1.82) is 0 Å². The summed E-state index contributed by atoms with van der Waals surface area (Å²) in [6, 6.07) is 2.89. The van der Waals surface area contributed by atoms with Gasteiger partial charge in [0.05, 0.1) is 0 Å². The minimum Gasteiger partial charge on any atom is -0.348 e. The summed E-state index contributed by atoms with van der Waals surface area (Å²) in [7, 11) is 1.06. The molecule has 1 amide bonds. The second kappa shape index (κ2) is 3.12. The maximum Gasteiger partial charge on any atom is 0.471 e. The van der Waals surface area contributed by atoms with Crippen molar-refractivity contribution >= 4 is 11.7 Å². The standard InChI is InChI=1S/C7H7F3N2O/c1-12(5-3-2-4-11-5)6(13)7(8,9)10/h2-4,11H,1H3. The number of H-pyrrole nitrogens is 1. The predicted octanol–water partition coefficient (Wildman–Crippen LogP) is 1.54. The van der Waals surface area contributed by atoms with Crippen LogP contribution < -0.4 is 4.90 Å². The van der Waals surface area contributed by atoms with Crippen LogP contribution in [0.5, 0.6) is 0 Å². The van der Waals surface area contributed by atoms with Gasteiger partial charge in [-0.15, -0.1) is 0 Å². The first kappa shape index (κ1) is 9.63. The van der Waals surface area contributed by atoms with E-state index >= 15 is 0 Å². The lowest BCUT2D eigenvalue weighted by Crippen LogP contribution is -2.38. The quantitative estimate of drug-likeness (QED) is 0.719. The third-order valence-corrected chi connectivity index (χ3v) is 1.49. The number of hydrogen-bond donors (Lipinski definition) is 1. The van der Waals surface area contributed by atoms with E-state index in [1.54, 1.807) is 0 Å². The molecule has 1 heterocycles. The van der Waals surface area contributed by atoms with Gasteiger partial charge in [-0.25, -0.2) is 0 Å². The molecule has 0 aliphatic heterocycles. The van der Waals surface area contributed by atoms with Crippen molar-refractivity contribution in [2.75, 3.05) is 11.9 Å². The van der Waals surface area contributed by atoms with Crippen molar-refractivity contribution in [3.63, 3.8) is 0 Å². The van der Waals surface area contributed by atoms with E-state index in [9.17, 15) is 18.0 Å². The zero-order valence-corrected chi connectivity index (χ0v) is 6.72. The van der Waals surface area contributed by atoms with Gasteiger partial charge < -0.3 is 4.98 Å². The number of hydrogen-bond acceptors (Lipinski definition) is 1. The van der Waals surface area contributed by atoms with Crippen molar-refractivity contribution in [3.05, 3.63) is 18.3 Å². The first-order chi connectivity index (χ1) is 5.93. The second-order valence-electron chi connectivity index (χ2n) is 2.42. The van der Waals surface area contributed by atoms with E-state index in [1.165, 1.54) is 18.3 Å². The fraction of sp³-hybridized carbons (Fsp3) is 0.286. The van der Waals surface area contributed by atoms with Gasteiger partial charge in [-0.2, -0.15) is 13.2 Å². The van der Waals surface area contributed by atoms with E-state index in [1.807, 2.05) is 0 Å². The Hall–Kier alpha value is -1.46. The number of halogens is 3. The van der Waals surface area contributed by atoms with Crippen molar-refractivity contribution in [2.45, 2.75) is 6.18 Å². The molecule has 1 rings (SSSR count). The molecule has 72 valence electrons. The summed E-state index contributed by atoms with van der Waals surface area (Å²) >= 11 is 0. The molecule has 6 heteroatoms. The Morgan fingerprint density at radius 1 is 1.54 bits per heavy atom. The molecule has 1 N–H and O–H groups in total. The van der Waals surface area contributed by atoms with Gasteiger partial charge in [-0.1, -0.05) is 0 Å². The fourth-order valence-electron chi connectivity index (χ4n) is 0.829. The molecule has 0 atom stereocenters. The maximum absolute atomic E-state index is 11.9. The Bertz CT molecular complexity index is 291. The van der Waals surface area contributed by atoms with Crippen LogP contribution >= 0.6 is 0 Å². The van der Waals surface area contributed by atoms with Crippen LogP contribution in [0, 0.1) is 0 Å². The molecular formula is C7H7F3N2O. The Kier molecular flexibility index (Phi) is 2.31. The maximum atomic E-state index is 11.9. The molecule has 0 saturated carbocycles. The minimum atomic E-state index is -4.83. The summed E-state index contributed by atoms with van der Waals surface area (Å²) in [5.74, 6) is -1.78. The highest BCUT2D eigenvalue weighted by molar-refractivity contribution is 5.95. The molecule has 13 heavy (non-hydrogen) atoms. The number of anilines is 1. The number of aromatic amines is 1. The molecule has 3 nitrogen and oxygen atoms in total. The molecule has 0 aromatic carbocycles. The van der Waals surface area contributed by atoms with Crippen LogP contribution in [0.25, 0.3) is 0 Å². The molecule has 0 bridgehead atoms. The lowest BCUT2D eigenvalue weighted by molar-refractivity contribution is -0.170. The third-order valence-electron chi connectivity index (χ3n) is 1.49. The van der Waals surface area contributed by atoms with Gasteiger partial charge in [0.1, 0.15) is 5.82 Å². The first-order valence-electron chi connectivity index (χ1n) is 3.41. The van der Waals surface area contributed by atoms with E-state index in [2.05, 4.69) is 4.98 Å². The summed E-state index contributed by atoms with van der Waals surface area (Å²) in [6.07, 6.45) is -3.39. The average Bonchev–Trinajstić information content (AvgIpc) is 2.51. The van der Waals surface area contributed by atoms with Crippen molar-refractivity contribution in [2.24, 2.45) is 0 Å². The number of aromatic nitrogens is 1. The largest absolute Gasteiger partial charge is 0.471 e. The average molecular weight is 192 g/mol. The molecule has 0 unspecified atom stereocenters. The molecule has 0 radical (unpaired) electrons. The van der Waals surface area contributed by atoms with E-state index in [0.717, 1.165) is 7.05 Å². The lowest BCUT2D eigenvalue weighted by Gasteiger charge is -2.16. The SMILES string of the molecule is CN(C(=O)C(F)(F)F)c1ccc[nH]1. The van der Waals surface area contributed by atoms with Gasteiger partial charge >= 0.3 is 12.1 Å². The monoisotopic (exact) mass is 192 g/mol. The molecule has 0 saturated heterocycles. The van der Waals surface area contributed by atoms with Gasteiger partial charge in [0.25, 0.3) is 0 Å². The van der Waals surface area contributed by atoms with Crippen molar-refractivity contribution < 1.29 is 18.0 Å². The number of amides is 1. The van der Waals surface area contributed by atoms with E-state index in [0.29, 0.717) is 4.90 Å². The Morgan fingerprint density at radius 2 is 2.15 bits per heavy atom. The number of rotatable bonds is 1. The van der Waals surface area contributed by atoms with Gasteiger partial charge in [-0.05, 0) is 12.1 Å². The summed E-state index contributed by atoms with van der Waals surface area (Å²) in [6.45, 7) is 0. The van der Waals surface area contributed by atoms with Crippen LogP contribution in [0.3, 0.4) is 0 Å². The number of carbonyl (C=O) groups is 1. The third kappa shape index (κ3) is 2.01. The van der Waals surface area contributed by atoms with Crippen LogP contribution in [-0.2, 0) is 4.79 Å². The molecule has 1 aromatic heterocycles. The molecule has 0 spiro atoms. The molecule has 0 fully saturated rings. The topological polar surface area (TPSA) is 36.1 Å². The van der Waals surface area contributed by atoms with Crippen LogP contribution in [-0.4, -0.2) is 24.1 Å². The van der Waals surface area contributed by atoms with Gasteiger partial charge in [0.15, 0.2) is 0 Å². The predicted molar refractivity (Wildman–Crippen MR) is 40.3 cm³/mol. The second-order valence-corrected chi connectivity index (χ2v) is 2.42. The molecule has 0 aliphatic carbocycles. The minimum absolute atomic E-state index is 0.113. The van der Waals surface area contributed by atoms with Crippen molar-refractivity contribution in [3.8, 4) is 0 Å². The van der Waals surface area contributed by atoms with Crippen LogP contribution in [0.4, 0.5) is 19.0 Å². The summed E-state index contributed by atoms with van der Waals surface area (Å²) in [5.41, 5.74) is 0. The zero-order chi connectivity index (χ0) is 10.1. The normalized spacial score (nSPS) is 11.4. The zero-order valence-electron chi connectivity index (χ0n) is 6.72. The number of carbonyl (C=O) groups excluding carboxylic acids is 1. The van der Waals surface area contributed by atoms with Gasteiger partial charge in [0.2, 0.25) is 0 Å². The Labute approximate surface area is 72.2 Å². The summed E-state index contributed by atoms with van der Waals surface area (Å²) in [4.78, 5) is 13.7. The lowest BCUT2D eigenvalue weighted by atomic mass is 10.5. The highest BCUT2D eigenvalue weighted by atomic mass is 19.4. The van der Waals surface area contributed by atoms with E-state index < -0.39 is 12.1 Å². The van der Waals surface area contributed by atoms with Crippen LogP contribution in [0.15, 0.2) is 18.3 Å². The number of nitrogens with zero attached hydrogens (tertiary/aromatic N) is 1. The van der Waals surface area contributed by atoms with Gasteiger partial charge in [-0.3, -0.25) is 9.69 Å². The highest BCUT2D eigenvalue weighted by Gasteiger charge is 2.41. The molecule has 0 aliphatic rings. The summed E-state index contributed by atoms with van der Waals surface area (Å²) < 4.78 is 35.7. The van der Waals surface area contributed by atoms with E-state index in [-0.39, 0.29) is 5.82 Å². The number of alkyl halides is 3. The highest BCUT2D eigenvalue weighted by Crippen LogP contribution is 2.20. The Balaban J connectivity index is 2.81. The van der Waals surface area contributed by atoms with Crippen LogP contribution in [0.2, 0.25) is 0 Å². The fourth-order valence-corrected chi connectivity index (χ4v) is 0.829. The Morgan fingerprint density at radius 3 is 2.54 bits per heavy atom. The van der Waals surface area contributed by atoms with Crippen molar-refractivity contribution in [1.82, 2.24) is 4.98 Å². The van der Waals surface area contributed by atoms with Crippen LogP contribution in [0.1, 0.15) is 0 Å². The number of nitrogens with one attached hydrogen (secondary N) is 1. The first-order valence-corrected chi connectivity index (χ1v) is 3.41. The van der Waals surface area contributed by atoms with Gasteiger partial charge in [0, 0.05) is 13.2 Å². The molecule has 1 aromatic rings. The smallest absolute Gasteiger partial charge is 0.348 e. The molecular weight excluding hydrogens is 185 g/mol.